The van der Waals surface area contributed by atoms with Crippen molar-refractivity contribution in [3.05, 3.63) is 41.5 Å². The minimum atomic E-state index is -0.306. The number of aromatic nitrogens is 3. The average molecular weight is 219 g/mol. The largest absolute Gasteiger partial charge is 0.368 e. The number of hydrogen-bond acceptors (Lipinski definition) is 5. The third kappa shape index (κ3) is 2.22. The Labute approximate surface area is 91.4 Å². The van der Waals surface area contributed by atoms with Crippen LogP contribution in [0.15, 0.2) is 24.3 Å². The van der Waals surface area contributed by atoms with Gasteiger partial charge in [0, 0.05) is 6.42 Å². The maximum absolute atomic E-state index is 13.3. The Morgan fingerprint density at radius 2 is 1.62 bits per heavy atom. The summed E-state index contributed by atoms with van der Waals surface area (Å²) in [5.41, 5.74) is 11.3. The molecule has 1 aromatic heterocycles. The molecule has 0 amide bonds. The van der Waals surface area contributed by atoms with E-state index in [0.717, 1.165) is 0 Å². The SMILES string of the molecule is Nc1nc(N)nc(Cc2ccccc2F)n1. The maximum Gasteiger partial charge on any atom is 0.225 e. The standard InChI is InChI=1S/C10H10FN5/c11-7-4-2-1-3-6(7)5-8-14-9(12)16-10(13)15-8/h1-4H,5H2,(H4,12,13,14,15,16). The Hall–Kier alpha value is -2.24. The fourth-order valence-electron chi connectivity index (χ4n) is 1.35. The highest BCUT2D eigenvalue weighted by atomic mass is 19.1. The van der Waals surface area contributed by atoms with Crippen LogP contribution in [-0.4, -0.2) is 15.0 Å². The second-order valence-electron chi connectivity index (χ2n) is 3.24. The summed E-state index contributed by atoms with van der Waals surface area (Å²) in [6.07, 6.45) is 0.240. The fourth-order valence-corrected chi connectivity index (χ4v) is 1.35. The minimum Gasteiger partial charge on any atom is -0.368 e. The number of hydrogen-bond donors (Lipinski definition) is 2. The molecule has 2 aromatic rings. The molecule has 0 fully saturated rings. The molecule has 0 aliphatic heterocycles. The van der Waals surface area contributed by atoms with Gasteiger partial charge in [-0.25, -0.2) is 4.39 Å². The number of halogens is 1. The molecule has 0 unspecified atom stereocenters. The molecule has 0 radical (unpaired) electrons. The maximum atomic E-state index is 13.3. The lowest BCUT2D eigenvalue weighted by Crippen LogP contribution is -2.07. The predicted octanol–water partition coefficient (Wildman–Crippen LogP) is 0.766. The van der Waals surface area contributed by atoms with Crippen molar-refractivity contribution in [3.63, 3.8) is 0 Å². The van der Waals surface area contributed by atoms with Crippen LogP contribution in [-0.2, 0) is 6.42 Å². The molecule has 1 heterocycles. The summed E-state index contributed by atoms with van der Waals surface area (Å²) in [4.78, 5) is 11.4. The lowest BCUT2D eigenvalue weighted by atomic mass is 10.1. The Morgan fingerprint density at radius 1 is 1.00 bits per heavy atom. The lowest BCUT2D eigenvalue weighted by molar-refractivity contribution is 0.612. The molecule has 6 heteroatoms. The molecular formula is C10H10FN5. The normalized spacial score (nSPS) is 10.3. The highest BCUT2D eigenvalue weighted by Gasteiger charge is 2.06. The van der Waals surface area contributed by atoms with E-state index in [0.29, 0.717) is 11.4 Å². The molecule has 0 bridgehead atoms. The van der Waals surface area contributed by atoms with E-state index in [2.05, 4.69) is 15.0 Å². The van der Waals surface area contributed by atoms with E-state index < -0.39 is 0 Å². The van der Waals surface area contributed by atoms with Crippen molar-refractivity contribution >= 4 is 11.9 Å². The fraction of sp³-hybridized carbons (Fsp3) is 0.100. The zero-order valence-electron chi connectivity index (χ0n) is 8.39. The highest BCUT2D eigenvalue weighted by Crippen LogP contribution is 2.11. The molecule has 82 valence electrons. The van der Waals surface area contributed by atoms with Gasteiger partial charge in [0.05, 0.1) is 0 Å². The molecule has 0 spiro atoms. The van der Waals surface area contributed by atoms with Gasteiger partial charge < -0.3 is 11.5 Å². The lowest BCUT2D eigenvalue weighted by Gasteiger charge is -2.03. The van der Waals surface area contributed by atoms with Crippen LogP contribution < -0.4 is 11.5 Å². The van der Waals surface area contributed by atoms with Gasteiger partial charge >= 0.3 is 0 Å². The van der Waals surface area contributed by atoms with Crippen molar-refractivity contribution in [2.24, 2.45) is 0 Å². The van der Waals surface area contributed by atoms with Crippen molar-refractivity contribution in [2.45, 2.75) is 6.42 Å². The van der Waals surface area contributed by atoms with Gasteiger partial charge in [0.15, 0.2) is 0 Å². The van der Waals surface area contributed by atoms with Crippen LogP contribution >= 0.6 is 0 Å². The topological polar surface area (TPSA) is 90.7 Å². The number of nitrogens with two attached hydrogens (primary N) is 2. The van der Waals surface area contributed by atoms with Crippen LogP contribution in [0, 0.1) is 5.82 Å². The third-order valence-electron chi connectivity index (χ3n) is 2.02. The summed E-state index contributed by atoms with van der Waals surface area (Å²) >= 11 is 0. The van der Waals surface area contributed by atoms with E-state index in [1.807, 2.05) is 0 Å². The van der Waals surface area contributed by atoms with Crippen molar-refractivity contribution in [3.8, 4) is 0 Å². The zero-order chi connectivity index (χ0) is 11.5. The van der Waals surface area contributed by atoms with E-state index in [4.69, 9.17) is 11.5 Å². The van der Waals surface area contributed by atoms with Gasteiger partial charge in [0.2, 0.25) is 11.9 Å². The number of anilines is 2. The molecule has 16 heavy (non-hydrogen) atoms. The molecule has 0 atom stereocenters. The van der Waals surface area contributed by atoms with E-state index >= 15 is 0 Å². The monoisotopic (exact) mass is 219 g/mol. The van der Waals surface area contributed by atoms with Crippen LogP contribution in [0.5, 0.6) is 0 Å². The van der Waals surface area contributed by atoms with Crippen molar-refractivity contribution < 1.29 is 4.39 Å². The van der Waals surface area contributed by atoms with Crippen LogP contribution in [0.2, 0.25) is 0 Å². The summed E-state index contributed by atoms with van der Waals surface area (Å²) in [6.45, 7) is 0. The van der Waals surface area contributed by atoms with Crippen LogP contribution in [0.25, 0.3) is 0 Å². The molecular weight excluding hydrogens is 209 g/mol. The van der Waals surface area contributed by atoms with Crippen molar-refractivity contribution in [1.82, 2.24) is 15.0 Å². The second kappa shape index (κ2) is 4.09. The Morgan fingerprint density at radius 3 is 2.25 bits per heavy atom. The van der Waals surface area contributed by atoms with E-state index in [9.17, 15) is 4.39 Å². The van der Waals surface area contributed by atoms with Crippen molar-refractivity contribution in [2.75, 3.05) is 11.5 Å². The summed E-state index contributed by atoms with van der Waals surface area (Å²) in [6, 6.07) is 6.40. The summed E-state index contributed by atoms with van der Waals surface area (Å²) in [5, 5.41) is 0. The van der Waals surface area contributed by atoms with Gasteiger partial charge in [0.25, 0.3) is 0 Å². The quantitative estimate of drug-likeness (QED) is 0.778. The smallest absolute Gasteiger partial charge is 0.225 e. The molecule has 1 aromatic carbocycles. The first-order valence-electron chi connectivity index (χ1n) is 4.64. The summed E-state index contributed by atoms with van der Waals surface area (Å²) < 4.78 is 13.3. The number of nitrogens with zero attached hydrogens (tertiary/aromatic N) is 3. The molecule has 2 rings (SSSR count). The van der Waals surface area contributed by atoms with Crippen molar-refractivity contribution in [1.29, 1.82) is 0 Å². The number of benzene rings is 1. The van der Waals surface area contributed by atoms with E-state index in [-0.39, 0.29) is 24.1 Å². The second-order valence-corrected chi connectivity index (χ2v) is 3.24. The zero-order valence-corrected chi connectivity index (χ0v) is 8.39. The van der Waals surface area contributed by atoms with Gasteiger partial charge in [0.1, 0.15) is 11.6 Å². The van der Waals surface area contributed by atoms with Gasteiger partial charge in [-0.2, -0.15) is 15.0 Å². The Kier molecular flexibility index (Phi) is 2.63. The molecule has 4 N–H and O–H groups in total. The first-order valence-corrected chi connectivity index (χ1v) is 4.64. The highest BCUT2D eigenvalue weighted by molar-refractivity contribution is 5.28. The van der Waals surface area contributed by atoms with Crippen LogP contribution in [0.3, 0.4) is 0 Å². The first-order chi connectivity index (χ1) is 7.65. The third-order valence-corrected chi connectivity index (χ3v) is 2.02. The van der Waals surface area contributed by atoms with E-state index in [1.54, 1.807) is 18.2 Å². The average Bonchev–Trinajstić information content (AvgIpc) is 2.20. The molecule has 0 saturated carbocycles. The summed E-state index contributed by atoms with van der Waals surface area (Å²) in [5.74, 6) is 0.132. The van der Waals surface area contributed by atoms with Gasteiger partial charge in [-0.05, 0) is 11.6 Å². The molecule has 5 nitrogen and oxygen atoms in total. The Balaban J connectivity index is 2.30. The predicted molar refractivity (Wildman–Crippen MR) is 57.9 cm³/mol. The Bertz CT molecular complexity index is 494. The van der Waals surface area contributed by atoms with Crippen LogP contribution in [0.1, 0.15) is 11.4 Å². The first kappa shape index (κ1) is 10.3. The van der Waals surface area contributed by atoms with Gasteiger partial charge in [-0.1, -0.05) is 18.2 Å². The van der Waals surface area contributed by atoms with Gasteiger partial charge in [-0.3, -0.25) is 0 Å². The summed E-state index contributed by atoms with van der Waals surface area (Å²) in [7, 11) is 0. The number of rotatable bonds is 2. The molecule has 0 aliphatic rings. The molecule has 0 aliphatic carbocycles. The van der Waals surface area contributed by atoms with Crippen LogP contribution in [0.4, 0.5) is 16.3 Å². The minimum absolute atomic E-state index is 0.0406. The van der Waals surface area contributed by atoms with E-state index in [1.165, 1.54) is 6.07 Å². The van der Waals surface area contributed by atoms with Gasteiger partial charge in [-0.15, -0.1) is 0 Å². The molecule has 0 saturated heterocycles. The number of nitrogen functional groups attached to an aromatic ring is 2.